The monoisotopic (exact) mass is 1430 g/mol. The van der Waals surface area contributed by atoms with Crippen molar-refractivity contribution in [3.63, 3.8) is 0 Å². The van der Waals surface area contributed by atoms with E-state index >= 15 is 0 Å². The molecule has 2 radical (unpaired) electrons. The van der Waals surface area contributed by atoms with Crippen molar-refractivity contribution in [3.05, 3.63) is 82.2 Å². The van der Waals surface area contributed by atoms with Gasteiger partial charge in [0.2, 0.25) is 0 Å². The van der Waals surface area contributed by atoms with Crippen LogP contribution in [0.5, 0.6) is 0 Å². The van der Waals surface area contributed by atoms with Crippen molar-refractivity contribution in [2.45, 2.75) is 250 Å². The van der Waals surface area contributed by atoms with Crippen LogP contribution < -0.4 is 0 Å². The summed E-state index contributed by atoms with van der Waals surface area (Å²) >= 11 is 0. The second kappa shape index (κ2) is 39.5. The quantitative estimate of drug-likeness (QED) is 0.00927. The molecule has 34 heteroatoms. The van der Waals surface area contributed by atoms with Gasteiger partial charge in [0.05, 0.1) is 13.7 Å². The number of carbonyl (C=O) groups excluding carboxylic acids is 6. The number of hydrogen-bond acceptors (Lipinski definition) is 25. The molecular weight excluding hydrogens is 1340 g/mol. The van der Waals surface area contributed by atoms with E-state index in [1.807, 2.05) is 102 Å². The van der Waals surface area contributed by atoms with Crippen LogP contribution in [0.3, 0.4) is 0 Å². The van der Waals surface area contributed by atoms with Crippen molar-refractivity contribution in [3.8, 4) is 0 Å². The van der Waals surface area contributed by atoms with Gasteiger partial charge in [0, 0.05) is 26.9 Å². The molecule has 100 heavy (non-hydrogen) atoms. The van der Waals surface area contributed by atoms with Crippen LogP contribution in [0.4, 0.5) is 4.79 Å². The Morgan fingerprint density at radius 2 is 1.26 bits per heavy atom. The van der Waals surface area contributed by atoms with Crippen LogP contribution in [0.1, 0.15) is 133 Å². The first-order chi connectivity index (χ1) is 47.8. The van der Waals surface area contributed by atoms with Crippen LogP contribution in [0.25, 0.3) is 10.4 Å². The van der Waals surface area contributed by atoms with Crippen LogP contribution in [-0.4, -0.2) is 217 Å². The van der Waals surface area contributed by atoms with Crippen molar-refractivity contribution in [2.24, 2.45) is 28.8 Å². The maximum absolute atomic E-state index is 14.4. The molecule has 5 aliphatic rings. The number of methoxy groups -OCH3 is 1. The molecule has 0 aromatic heterocycles. The predicted molar refractivity (Wildman–Crippen MR) is 365 cm³/mol. The summed E-state index contributed by atoms with van der Waals surface area (Å²) in [6.45, 7) is 22.8. The van der Waals surface area contributed by atoms with Crippen molar-refractivity contribution in [2.75, 3.05) is 33.5 Å². The summed E-state index contributed by atoms with van der Waals surface area (Å²) in [5.41, 5.74) is 10.7. The summed E-state index contributed by atoms with van der Waals surface area (Å²) in [6.07, 6.45) is -15.7. The van der Waals surface area contributed by atoms with Crippen molar-refractivity contribution in [1.82, 2.24) is 4.90 Å². The summed E-state index contributed by atoms with van der Waals surface area (Å²) in [5, 5.41) is 3.99. The average Bonchev–Trinajstić information content (AvgIpc) is 1.02. The van der Waals surface area contributed by atoms with E-state index < -0.39 is 169 Å². The maximum atomic E-state index is 14.4. The zero-order chi connectivity index (χ0) is 72.8. The summed E-state index contributed by atoms with van der Waals surface area (Å²) in [7, 11) is 2.09. The molecular formula is C66H96B4N4O24P2. The number of azide groups is 1. The average molecular weight is 1430 g/mol. The van der Waals surface area contributed by atoms with E-state index in [1.54, 1.807) is 18.7 Å². The Bertz CT molecular complexity index is 3050. The summed E-state index contributed by atoms with van der Waals surface area (Å²) < 4.78 is 128. The Morgan fingerprint density at radius 3 is 1.83 bits per heavy atom. The molecule has 2 aromatic carbocycles. The normalized spacial score (nSPS) is 32.4. The SMILES string of the molecule is CC[C@H](C)C1O[C@H](O[C@H]2C([C@H]3COC(C)(C)O3)O[C@@](OCCCCCN(Cc3ccccc3)C(=O)OCc3ccccc3)(C(=O)OC)C[C@H]2C)C(OC(C)=O)[C@@H](OC2O[C@@H]([C@@H](C)CC)[C@@H](P[B]B=O)C(C)C2O[C@H]2OC(COC(C)=O)[C@@H](OC(C)=O)C(OC(C)=O)[C@H]2N=[N+]=[N-])[C@@H]1P[B]B=O. The fourth-order valence-corrected chi connectivity index (χ4v) is 16.1. The van der Waals surface area contributed by atoms with Gasteiger partial charge >= 0.3 is 408 Å². The zero-order valence-electron chi connectivity index (χ0n) is 59.3. The summed E-state index contributed by atoms with van der Waals surface area (Å²) in [5.74, 6) is -8.97. The van der Waals surface area contributed by atoms with Gasteiger partial charge in [0.15, 0.2) is 0 Å². The van der Waals surface area contributed by atoms with Crippen molar-refractivity contribution in [1.29, 1.82) is 0 Å². The number of unbranched alkanes of at least 4 members (excludes halogenated alkanes) is 2. The van der Waals surface area contributed by atoms with Crippen LogP contribution in [0.2, 0.25) is 0 Å². The first-order valence-electron chi connectivity index (χ1n) is 34.2. The number of ether oxygens (including phenoxy) is 16. The Labute approximate surface area is 591 Å². The molecule has 5 heterocycles. The molecule has 5 saturated heterocycles. The van der Waals surface area contributed by atoms with Gasteiger partial charge in [-0.3, -0.25) is 9.59 Å². The predicted octanol–water partition coefficient (Wildman–Crippen LogP) is 7.82. The van der Waals surface area contributed by atoms with Gasteiger partial charge in [0.1, 0.15) is 6.61 Å². The second-order valence-electron chi connectivity index (χ2n) is 26.4. The topological polar surface area (TPSA) is 336 Å². The molecule has 546 valence electrons. The third kappa shape index (κ3) is 22.4. The Hall–Kier alpha value is -5.31. The molecule has 5 fully saturated rings. The van der Waals surface area contributed by atoms with Gasteiger partial charge in [-0.25, -0.2) is 9.59 Å². The third-order valence-electron chi connectivity index (χ3n) is 18.5. The summed E-state index contributed by atoms with van der Waals surface area (Å²) in [6, 6.07) is 17.4. The van der Waals surface area contributed by atoms with Crippen molar-refractivity contribution < 1.29 is 114 Å². The van der Waals surface area contributed by atoms with E-state index in [4.69, 9.17) is 75.8 Å². The molecule has 0 aliphatic carbocycles. The fourth-order valence-electron chi connectivity index (χ4n) is 13.3. The van der Waals surface area contributed by atoms with Gasteiger partial charge in [-0.15, -0.1) is 0 Å². The second-order valence-corrected chi connectivity index (χ2v) is 29.0. The number of carbonyl (C=O) groups is 6. The molecule has 0 spiro atoms. The molecule has 0 N–H and O–H groups in total. The van der Waals surface area contributed by atoms with E-state index in [0.717, 1.165) is 31.9 Å². The summed E-state index contributed by atoms with van der Waals surface area (Å²) in [4.78, 5) is 84.5. The third-order valence-corrected chi connectivity index (χ3v) is 21.5. The molecule has 24 atom stereocenters. The Kier molecular flexibility index (Phi) is 32.4. The number of amides is 1. The molecule has 10 unspecified atom stereocenters. The molecule has 2 aromatic rings. The van der Waals surface area contributed by atoms with E-state index in [0.29, 0.717) is 59.3 Å². The van der Waals surface area contributed by atoms with Gasteiger partial charge in [-0.2, -0.15) is 0 Å². The van der Waals surface area contributed by atoms with E-state index in [9.17, 15) is 43.7 Å². The molecule has 28 nitrogen and oxygen atoms in total. The van der Waals surface area contributed by atoms with Crippen LogP contribution in [0, 0.1) is 23.7 Å². The van der Waals surface area contributed by atoms with E-state index in [-0.39, 0.29) is 55.0 Å². The first kappa shape index (κ1) is 82.0. The minimum atomic E-state index is -2.02. The number of benzene rings is 2. The number of hydrogen-bond donors (Lipinski definition) is 0. The zero-order valence-corrected chi connectivity index (χ0v) is 61.3. The van der Waals surface area contributed by atoms with Gasteiger partial charge in [0.25, 0.3) is 0 Å². The number of esters is 5. The molecule has 7 rings (SSSR count). The molecule has 1 amide bonds. The first-order valence-corrected chi connectivity index (χ1v) is 36.5. The van der Waals surface area contributed by atoms with Crippen LogP contribution >= 0.6 is 16.9 Å². The number of rotatable bonds is 35. The van der Waals surface area contributed by atoms with E-state index in [1.165, 1.54) is 27.8 Å². The van der Waals surface area contributed by atoms with Crippen molar-refractivity contribution >= 4 is 80.7 Å². The Balaban J connectivity index is 1.24. The fraction of sp³-hybridized carbons (Fsp3) is 0.727. The molecule has 5 aliphatic heterocycles. The minimum absolute atomic E-state index is 0.0243. The van der Waals surface area contributed by atoms with Gasteiger partial charge in [-0.1, -0.05) is 60.7 Å². The van der Waals surface area contributed by atoms with Crippen LogP contribution in [-0.2, 0) is 122 Å². The van der Waals surface area contributed by atoms with Crippen LogP contribution in [0.15, 0.2) is 65.8 Å². The van der Waals surface area contributed by atoms with Gasteiger partial charge < -0.3 is 14.4 Å². The number of nitrogens with zero attached hydrogens (tertiary/aromatic N) is 4. The Morgan fingerprint density at radius 1 is 0.690 bits per heavy atom. The molecule has 0 bridgehead atoms. The van der Waals surface area contributed by atoms with E-state index in [2.05, 4.69) is 10.0 Å². The van der Waals surface area contributed by atoms with Gasteiger partial charge in [-0.05, 0) is 44.2 Å². The molecule has 0 saturated carbocycles. The standard InChI is InChI=1S/C66H96B4N4O24P2/c1-14-36(3)50-58(99-69-67-81)39(6)52(95-60-48(72-73-71)55(89-42(9)77)53(88-41(8)76)46(91-60)34-84-40(7)75)61(93-50)96-56-57(90-43(10)78)62(94-51(37(4)15-2)59(56)100-70-68-82)92-49-38(5)31-66(63(79)83-13,98-54(49)47-35-87-65(11,12)97-47)86-30-24-18-23-29-74(32-44-25-19-16-20-26-44)64(80)85-33-45-27-21-17-22-28-45/h16-17,19-22,25-28,36-39,46-62,99-100H,14-15,18,23-24,29-35H2,1-13H3/t36-,37-,38+,39?,46?,47+,48+,49+,50-,51?,52?,53+,54?,55?,56+,57?,58-,59+,60+,61?,62-,66+/m0/s1.